The van der Waals surface area contributed by atoms with Gasteiger partial charge in [0.2, 0.25) is 0 Å². The molecule has 0 aliphatic heterocycles. The summed E-state index contributed by atoms with van der Waals surface area (Å²) in [5, 5.41) is 5.06. The zero-order chi connectivity index (χ0) is 18.0. The van der Waals surface area contributed by atoms with E-state index in [0.717, 1.165) is 11.1 Å². The molecule has 2 N–H and O–H groups in total. The van der Waals surface area contributed by atoms with Gasteiger partial charge < -0.3 is 15.2 Å². The Morgan fingerprint density at radius 2 is 2.20 bits per heavy atom. The summed E-state index contributed by atoms with van der Waals surface area (Å²) >= 11 is 6.11. The third-order valence-corrected chi connectivity index (χ3v) is 3.88. The van der Waals surface area contributed by atoms with Crippen LogP contribution < -0.4 is 5.73 Å². The third-order valence-electron chi connectivity index (χ3n) is 3.64. The Bertz CT molecular complexity index is 939. The second kappa shape index (κ2) is 7.08. The quantitative estimate of drug-likeness (QED) is 0.703. The molecule has 2 heterocycles. The number of ether oxygens (including phenoxy) is 2. The second-order valence-corrected chi connectivity index (χ2v) is 5.71. The normalized spacial score (nSPS) is 11.0. The number of hydrogen-bond acceptors (Lipinski definition) is 6. The molecule has 1 aromatic carbocycles. The lowest BCUT2D eigenvalue weighted by Crippen LogP contribution is -2.12. The molecular formula is C17H17ClN4O3. The van der Waals surface area contributed by atoms with E-state index in [1.807, 2.05) is 18.2 Å². The topological polar surface area (TPSA) is 91.7 Å². The molecule has 0 atom stereocenters. The van der Waals surface area contributed by atoms with E-state index in [4.69, 9.17) is 26.8 Å². The molecule has 0 amide bonds. The zero-order valence-corrected chi connectivity index (χ0v) is 14.6. The van der Waals surface area contributed by atoms with Crippen LogP contribution in [0, 0.1) is 0 Å². The number of methoxy groups -OCH3 is 1. The number of anilines is 1. The Balaban J connectivity index is 2.24. The fourth-order valence-corrected chi connectivity index (χ4v) is 2.78. The zero-order valence-electron chi connectivity index (χ0n) is 13.8. The summed E-state index contributed by atoms with van der Waals surface area (Å²) in [5.41, 5.74) is 9.05. The van der Waals surface area contributed by atoms with Crippen molar-refractivity contribution in [2.45, 2.75) is 13.5 Å². The first kappa shape index (κ1) is 17.2. The van der Waals surface area contributed by atoms with Gasteiger partial charge >= 0.3 is 5.97 Å². The maximum absolute atomic E-state index is 12.0. The number of halogens is 1. The van der Waals surface area contributed by atoms with Gasteiger partial charge in [-0.05, 0) is 24.6 Å². The molecule has 130 valence electrons. The van der Waals surface area contributed by atoms with Gasteiger partial charge in [-0.2, -0.15) is 9.61 Å². The van der Waals surface area contributed by atoms with Crippen molar-refractivity contribution >= 4 is 29.0 Å². The smallest absolute Gasteiger partial charge is 0.343 e. The van der Waals surface area contributed by atoms with Crippen LogP contribution in [0.1, 0.15) is 23.0 Å². The summed E-state index contributed by atoms with van der Waals surface area (Å²) in [6.07, 6.45) is 1.40. The largest absolute Gasteiger partial charge is 0.462 e. The van der Waals surface area contributed by atoms with Crippen LogP contribution in [-0.2, 0) is 16.1 Å². The highest BCUT2D eigenvalue weighted by molar-refractivity contribution is 6.30. The number of fused-ring (bicyclic) bond motifs is 1. The van der Waals surface area contributed by atoms with E-state index in [9.17, 15) is 4.79 Å². The van der Waals surface area contributed by atoms with Crippen LogP contribution in [0.5, 0.6) is 0 Å². The average Bonchev–Trinajstić information content (AvgIpc) is 2.95. The van der Waals surface area contributed by atoms with Gasteiger partial charge in [0.05, 0.1) is 24.5 Å². The molecule has 0 unspecified atom stereocenters. The maximum Gasteiger partial charge on any atom is 0.343 e. The van der Waals surface area contributed by atoms with Crippen molar-refractivity contribution in [3.05, 3.63) is 46.7 Å². The SMILES string of the molecule is CCOC(=O)c1cnc2c(-c3cccc(Cl)c3)c(COC)nn2c1N. The summed E-state index contributed by atoms with van der Waals surface area (Å²) in [4.78, 5) is 16.4. The number of benzene rings is 1. The molecule has 0 saturated heterocycles. The van der Waals surface area contributed by atoms with Gasteiger partial charge in [0.25, 0.3) is 0 Å². The highest BCUT2D eigenvalue weighted by atomic mass is 35.5. The van der Waals surface area contributed by atoms with Crippen molar-refractivity contribution < 1.29 is 14.3 Å². The molecule has 3 aromatic rings. The van der Waals surface area contributed by atoms with E-state index in [2.05, 4.69) is 10.1 Å². The Morgan fingerprint density at radius 3 is 2.88 bits per heavy atom. The predicted molar refractivity (Wildman–Crippen MR) is 94.5 cm³/mol. The van der Waals surface area contributed by atoms with Gasteiger partial charge in [0.1, 0.15) is 11.4 Å². The lowest BCUT2D eigenvalue weighted by molar-refractivity contribution is 0.0526. The molecular weight excluding hydrogens is 344 g/mol. The first-order valence-corrected chi connectivity index (χ1v) is 8.02. The number of nitrogens with two attached hydrogens (primary N) is 1. The lowest BCUT2D eigenvalue weighted by Gasteiger charge is -2.07. The molecule has 0 bridgehead atoms. The molecule has 0 radical (unpaired) electrons. The van der Waals surface area contributed by atoms with E-state index in [1.165, 1.54) is 10.7 Å². The molecule has 0 spiro atoms. The van der Waals surface area contributed by atoms with Crippen molar-refractivity contribution in [3.8, 4) is 11.1 Å². The van der Waals surface area contributed by atoms with E-state index in [-0.39, 0.29) is 24.6 Å². The Hall–Kier alpha value is -2.64. The van der Waals surface area contributed by atoms with Crippen molar-refractivity contribution in [3.63, 3.8) is 0 Å². The van der Waals surface area contributed by atoms with Crippen LogP contribution >= 0.6 is 11.6 Å². The van der Waals surface area contributed by atoms with Crippen molar-refractivity contribution in [1.29, 1.82) is 0 Å². The van der Waals surface area contributed by atoms with Crippen LogP contribution in [0.25, 0.3) is 16.8 Å². The van der Waals surface area contributed by atoms with Crippen LogP contribution in [-0.4, -0.2) is 34.3 Å². The number of carbonyl (C=O) groups is 1. The highest BCUT2D eigenvalue weighted by Crippen LogP contribution is 2.31. The number of aromatic nitrogens is 3. The van der Waals surface area contributed by atoms with Crippen molar-refractivity contribution in [2.75, 3.05) is 19.5 Å². The minimum absolute atomic E-state index is 0.161. The number of nitrogen functional groups attached to an aromatic ring is 1. The minimum atomic E-state index is -0.539. The molecule has 0 aliphatic carbocycles. The van der Waals surface area contributed by atoms with Crippen LogP contribution in [0.2, 0.25) is 5.02 Å². The fourth-order valence-electron chi connectivity index (χ4n) is 2.59. The molecule has 2 aromatic heterocycles. The predicted octanol–water partition coefficient (Wildman–Crippen LogP) is 2.96. The Morgan fingerprint density at radius 1 is 1.40 bits per heavy atom. The van der Waals surface area contributed by atoms with Gasteiger partial charge in [-0.25, -0.2) is 9.78 Å². The van der Waals surface area contributed by atoms with E-state index < -0.39 is 5.97 Å². The van der Waals surface area contributed by atoms with Crippen LogP contribution in [0.15, 0.2) is 30.5 Å². The molecule has 7 nitrogen and oxygen atoms in total. The van der Waals surface area contributed by atoms with E-state index >= 15 is 0 Å². The summed E-state index contributed by atoms with van der Waals surface area (Å²) in [5.74, 6) is -0.378. The number of rotatable bonds is 5. The van der Waals surface area contributed by atoms with Crippen LogP contribution in [0.4, 0.5) is 5.82 Å². The van der Waals surface area contributed by atoms with Gasteiger partial charge in [-0.15, -0.1) is 0 Å². The Kier molecular flexibility index (Phi) is 4.87. The monoisotopic (exact) mass is 360 g/mol. The van der Waals surface area contributed by atoms with Crippen molar-refractivity contribution in [2.24, 2.45) is 0 Å². The van der Waals surface area contributed by atoms with Gasteiger partial charge in [0.15, 0.2) is 5.65 Å². The van der Waals surface area contributed by atoms with Gasteiger partial charge in [-0.1, -0.05) is 23.7 Å². The number of esters is 1. The summed E-state index contributed by atoms with van der Waals surface area (Å²) in [7, 11) is 1.58. The van der Waals surface area contributed by atoms with Crippen molar-refractivity contribution in [1.82, 2.24) is 14.6 Å². The maximum atomic E-state index is 12.0. The first-order valence-electron chi connectivity index (χ1n) is 7.64. The van der Waals surface area contributed by atoms with Gasteiger partial charge in [-0.3, -0.25) is 0 Å². The molecule has 3 rings (SSSR count). The molecule has 0 fully saturated rings. The highest BCUT2D eigenvalue weighted by Gasteiger charge is 2.21. The number of carbonyl (C=O) groups excluding carboxylic acids is 1. The number of hydrogen-bond donors (Lipinski definition) is 1. The minimum Gasteiger partial charge on any atom is -0.462 e. The first-order chi connectivity index (χ1) is 12.1. The summed E-state index contributed by atoms with van der Waals surface area (Å²) < 4.78 is 11.7. The van der Waals surface area contributed by atoms with E-state index in [0.29, 0.717) is 16.4 Å². The molecule has 0 aliphatic rings. The number of nitrogens with zero attached hydrogens (tertiary/aromatic N) is 3. The van der Waals surface area contributed by atoms with Gasteiger partial charge in [0, 0.05) is 18.3 Å². The standard InChI is InChI=1S/C17H17ClN4O3/c1-3-25-17(23)12-8-20-16-14(10-5-4-6-11(18)7-10)13(9-24-2)21-22(16)15(12)19/h4-8H,3,9,19H2,1-2H3. The second-order valence-electron chi connectivity index (χ2n) is 5.28. The average molecular weight is 361 g/mol. The summed E-state index contributed by atoms with van der Waals surface area (Å²) in [6, 6.07) is 7.34. The molecule has 8 heteroatoms. The summed E-state index contributed by atoms with van der Waals surface area (Å²) in [6.45, 7) is 2.24. The molecule has 0 saturated carbocycles. The van der Waals surface area contributed by atoms with Crippen LogP contribution in [0.3, 0.4) is 0 Å². The third kappa shape index (κ3) is 3.16. The molecule has 25 heavy (non-hydrogen) atoms. The lowest BCUT2D eigenvalue weighted by atomic mass is 10.1. The Labute approximate surface area is 149 Å². The van der Waals surface area contributed by atoms with E-state index in [1.54, 1.807) is 20.1 Å². The fraction of sp³-hybridized carbons (Fsp3) is 0.235.